The van der Waals surface area contributed by atoms with Crippen LogP contribution in [-0.4, -0.2) is 74.2 Å². The summed E-state index contributed by atoms with van der Waals surface area (Å²) in [5, 5.41) is -0.0649. The SMILES string of the molecule is CCOc1ccc(CC2c3cc(OCC)c(OCC)cc3CCN2C(=O)COC(=O)C2CC(=O)N(C)C2c2ccc(Cl)c(F)c2)cc1OCC. The summed E-state index contributed by atoms with van der Waals surface area (Å²) in [6.45, 7) is 9.33. The van der Waals surface area contributed by atoms with Gasteiger partial charge in [-0.25, -0.2) is 4.39 Å². The number of fused-ring (bicyclic) bond motifs is 1. The maximum atomic E-state index is 14.4. The third-order valence-corrected chi connectivity index (χ3v) is 9.34. The molecule has 0 N–H and O–H groups in total. The molecule has 2 heterocycles. The van der Waals surface area contributed by atoms with E-state index < -0.39 is 36.4 Å². The van der Waals surface area contributed by atoms with Gasteiger partial charge in [-0.05, 0) is 99.2 Å². The zero-order valence-electron chi connectivity index (χ0n) is 29.1. The Hall–Kier alpha value is -4.51. The number of carbonyl (C=O) groups is 3. The summed E-state index contributed by atoms with van der Waals surface area (Å²) in [6, 6.07) is 12.7. The Morgan fingerprint density at radius 2 is 1.50 bits per heavy atom. The Morgan fingerprint density at radius 3 is 2.16 bits per heavy atom. The highest BCUT2D eigenvalue weighted by atomic mass is 35.5. The molecule has 1 saturated heterocycles. The van der Waals surface area contributed by atoms with E-state index in [4.69, 9.17) is 35.3 Å². The molecule has 3 atom stereocenters. The molecule has 1 fully saturated rings. The fourth-order valence-electron chi connectivity index (χ4n) is 6.77. The van der Waals surface area contributed by atoms with E-state index in [0.29, 0.717) is 74.4 Å². The molecular formula is C38H44ClFN2O8. The van der Waals surface area contributed by atoms with Crippen LogP contribution >= 0.6 is 11.6 Å². The third-order valence-electron chi connectivity index (χ3n) is 9.03. The summed E-state index contributed by atoms with van der Waals surface area (Å²) in [6.07, 6.45) is 0.864. The van der Waals surface area contributed by atoms with Crippen molar-refractivity contribution in [1.82, 2.24) is 9.80 Å². The molecule has 0 saturated carbocycles. The highest BCUT2D eigenvalue weighted by Crippen LogP contribution is 2.42. The van der Waals surface area contributed by atoms with Crippen molar-refractivity contribution in [3.8, 4) is 23.0 Å². The highest BCUT2D eigenvalue weighted by molar-refractivity contribution is 6.30. The van der Waals surface area contributed by atoms with Crippen LogP contribution in [0.1, 0.15) is 68.5 Å². The van der Waals surface area contributed by atoms with Gasteiger partial charge in [-0.1, -0.05) is 23.7 Å². The molecule has 50 heavy (non-hydrogen) atoms. The van der Waals surface area contributed by atoms with E-state index in [2.05, 4.69) is 0 Å². The number of benzene rings is 3. The smallest absolute Gasteiger partial charge is 0.312 e. The minimum atomic E-state index is -0.926. The summed E-state index contributed by atoms with van der Waals surface area (Å²) >= 11 is 5.88. The zero-order valence-corrected chi connectivity index (χ0v) is 29.9. The van der Waals surface area contributed by atoms with E-state index in [0.717, 1.165) is 16.7 Å². The van der Waals surface area contributed by atoms with E-state index in [1.54, 1.807) is 18.0 Å². The van der Waals surface area contributed by atoms with Gasteiger partial charge in [-0.2, -0.15) is 0 Å². The second kappa shape index (κ2) is 16.5. The van der Waals surface area contributed by atoms with Gasteiger partial charge in [-0.3, -0.25) is 14.4 Å². The van der Waals surface area contributed by atoms with Crippen molar-refractivity contribution in [1.29, 1.82) is 0 Å². The molecule has 0 spiro atoms. The molecule has 3 unspecified atom stereocenters. The molecule has 3 aromatic rings. The maximum Gasteiger partial charge on any atom is 0.312 e. The molecule has 0 aromatic heterocycles. The Balaban J connectivity index is 1.42. The number of rotatable bonds is 14. The van der Waals surface area contributed by atoms with Crippen LogP contribution in [0.2, 0.25) is 5.02 Å². The topological polar surface area (TPSA) is 104 Å². The Labute approximate surface area is 297 Å². The lowest BCUT2D eigenvalue weighted by Crippen LogP contribution is -2.43. The number of carbonyl (C=O) groups excluding carboxylic acids is 3. The number of halogens is 2. The number of ether oxygens (including phenoxy) is 5. The van der Waals surface area contributed by atoms with Gasteiger partial charge in [0.1, 0.15) is 5.82 Å². The minimum absolute atomic E-state index is 0.0649. The van der Waals surface area contributed by atoms with Crippen LogP contribution in [0.3, 0.4) is 0 Å². The number of likely N-dealkylation sites (tertiary alicyclic amines) is 1. The first-order valence-corrected chi connectivity index (χ1v) is 17.4. The van der Waals surface area contributed by atoms with Gasteiger partial charge < -0.3 is 33.5 Å². The van der Waals surface area contributed by atoms with E-state index in [1.165, 1.54) is 17.0 Å². The third kappa shape index (κ3) is 7.93. The van der Waals surface area contributed by atoms with E-state index in [9.17, 15) is 18.8 Å². The Kier molecular flexibility index (Phi) is 12.1. The molecular weight excluding hydrogens is 667 g/mol. The van der Waals surface area contributed by atoms with Gasteiger partial charge in [-0.15, -0.1) is 0 Å². The van der Waals surface area contributed by atoms with Crippen LogP contribution in [0.25, 0.3) is 0 Å². The fraction of sp³-hybridized carbons (Fsp3) is 0.447. The van der Waals surface area contributed by atoms with Crippen LogP contribution in [0.5, 0.6) is 23.0 Å². The van der Waals surface area contributed by atoms with Crippen LogP contribution < -0.4 is 18.9 Å². The van der Waals surface area contributed by atoms with Crippen molar-refractivity contribution in [3.63, 3.8) is 0 Å². The Morgan fingerprint density at radius 1 is 0.860 bits per heavy atom. The molecule has 5 rings (SSSR count). The van der Waals surface area contributed by atoms with Crippen molar-refractivity contribution in [3.05, 3.63) is 81.6 Å². The predicted molar refractivity (Wildman–Crippen MR) is 185 cm³/mol. The molecule has 0 bridgehead atoms. The summed E-state index contributed by atoms with van der Waals surface area (Å²) in [4.78, 5) is 43.3. The quantitative estimate of drug-likeness (QED) is 0.175. The number of hydrogen-bond donors (Lipinski definition) is 0. The van der Waals surface area contributed by atoms with Crippen LogP contribution in [0.15, 0.2) is 48.5 Å². The maximum absolute atomic E-state index is 14.4. The standard InChI is InChI=1S/C38H44ClFN2O8/c1-6-46-31-13-10-23(17-32(31)47-7-2)16-30-26-20-34(49-9-4)33(48-8-3)19-24(26)14-15-42(30)36(44)22-50-38(45)27-21-35(43)41(5)37(27)25-11-12-28(39)29(40)18-25/h10-13,17-20,27,30,37H,6-9,14-16,21-22H2,1-5H3. The number of nitrogens with zero attached hydrogens (tertiary/aromatic N) is 2. The van der Waals surface area contributed by atoms with Crippen molar-refractivity contribution in [2.45, 2.75) is 59.0 Å². The second-order valence-electron chi connectivity index (χ2n) is 12.1. The van der Waals surface area contributed by atoms with Gasteiger partial charge in [0, 0.05) is 20.0 Å². The number of esters is 1. The molecule has 2 aliphatic rings. The number of amides is 2. The average molecular weight is 711 g/mol. The Bertz CT molecular complexity index is 1720. The van der Waals surface area contributed by atoms with Crippen molar-refractivity contribution in [2.24, 2.45) is 5.92 Å². The van der Waals surface area contributed by atoms with Crippen LogP contribution in [-0.2, 0) is 32.0 Å². The molecule has 2 amide bonds. The average Bonchev–Trinajstić information content (AvgIpc) is 3.40. The summed E-state index contributed by atoms with van der Waals surface area (Å²) < 4.78 is 43.5. The second-order valence-corrected chi connectivity index (χ2v) is 12.5. The van der Waals surface area contributed by atoms with Gasteiger partial charge in [0.15, 0.2) is 29.6 Å². The summed E-state index contributed by atoms with van der Waals surface area (Å²) in [7, 11) is 1.55. The van der Waals surface area contributed by atoms with E-state index in [1.807, 2.05) is 58.0 Å². The van der Waals surface area contributed by atoms with Gasteiger partial charge in [0.25, 0.3) is 5.91 Å². The summed E-state index contributed by atoms with van der Waals surface area (Å²) in [5.41, 5.74) is 3.27. The lowest BCUT2D eigenvalue weighted by Gasteiger charge is -2.38. The van der Waals surface area contributed by atoms with Crippen molar-refractivity contribution >= 4 is 29.4 Å². The largest absolute Gasteiger partial charge is 0.490 e. The summed E-state index contributed by atoms with van der Waals surface area (Å²) in [5.74, 6) is -0.485. The monoisotopic (exact) mass is 710 g/mol. The highest BCUT2D eigenvalue weighted by Gasteiger charge is 2.44. The molecule has 0 aliphatic carbocycles. The number of hydrogen-bond acceptors (Lipinski definition) is 8. The first-order valence-electron chi connectivity index (χ1n) is 17.1. The van der Waals surface area contributed by atoms with Gasteiger partial charge >= 0.3 is 5.97 Å². The minimum Gasteiger partial charge on any atom is -0.490 e. The van der Waals surface area contributed by atoms with Crippen molar-refractivity contribution in [2.75, 3.05) is 46.6 Å². The first kappa shape index (κ1) is 36.8. The van der Waals surface area contributed by atoms with Gasteiger partial charge in [0.05, 0.1) is 49.5 Å². The van der Waals surface area contributed by atoms with Crippen LogP contribution in [0, 0.1) is 11.7 Å². The fourth-order valence-corrected chi connectivity index (χ4v) is 6.88. The predicted octanol–water partition coefficient (Wildman–Crippen LogP) is 6.51. The molecule has 3 aromatic carbocycles. The van der Waals surface area contributed by atoms with Gasteiger partial charge in [0.2, 0.25) is 5.91 Å². The molecule has 2 aliphatic heterocycles. The molecule has 0 radical (unpaired) electrons. The van der Waals surface area contributed by atoms with Crippen molar-refractivity contribution < 1.29 is 42.5 Å². The lowest BCUT2D eigenvalue weighted by atomic mass is 9.88. The normalized spacial score (nSPS) is 18.5. The van der Waals surface area contributed by atoms with E-state index >= 15 is 0 Å². The van der Waals surface area contributed by atoms with E-state index in [-0.39, 0.29) is 23.3 Å². The first-order chi connectivity index (χ1) is 24.1. The lowest BCUT2D eigenvalue weighted by molar-refractivity contribution is -0.157. The zero-order chi connectivity index (χ0) is 35.9. The molecule has 12 heteroatoms. The van der Waals surface area contributed by atoms with Crippen LogP contribution in [0.4, 0.5) is 4.39 Å². The molecule has 268 valence electrons. The molecule has 10 nitrogen and oxygen atoms in total.